The first kappa shape index (κ1) is 6.81. The maximum absolute atomic E-state index is 10.2. The SMILES string of the molecule is O=CC1C=CCC(Cl)C1. The molecule has 0 saturated heterocycles. The molecule has 1 aliphatic rings. The van der Waals surface area contributed by atoms with Crippen molar-refractivity contribution in [1.29, 1.82) is 0 Å². The lowest BCUT2D eigenvalue weighted by Crippen LogP contribution is -2.11. The zero-order valence-corrected chi connectivity index (χ0v) is 5.84. The molecular weight excluding hydrogens is 136 g/mol. The zero-order chi connectivity index (χ0) is 6.69. The summed E-state index contributed by atoms with van der Waals surface area (Å²) < 4.78 is 0. The van der Waals surface area contributed by atoms with Crippen LogP contribution in [0.25, 0.3) is 0 Å². The first-order valence-electron chi connectivity index (χ1n) is 3.09. The molecular formula is C7H9ClO. The molecule has 0 radical (unpaired) electrons. The second kappa shape index (κ2) is 3.02. The van der Waals surface area contributed by atoms with E-state index >= 15 is 0 Å². The average Bonchev–Trinajstić information content (AvgIpc) is 1.88. The molecule has 0 amide bonds. The van der Waals surface area contributed by atoms with Gasteiger partial charge >= 0.3 is 0 Å². The van der Waals surface area contributed by atoms with E-state index in [4.69, 9.17) is 11.6 Å². The number of halogens is 1. The fourth-order valence-corrected chi connectivity index (χ4v) is 1.28. The van der Waals surface area contributed by atoms with Gasteiger partial charge in [0.2, 0.25) is 0 Å². The number of hydrogen-bond donors (Lipinski definition) is 0. The van der Waals surface area contributed by atoms with E-state index in [2.05, 4.69) is 0 Å². The summed E-state index contributed by atoms with van der Waals surface area (Å²) in [4.78, 5) is 10.2. The van der Waals surface area contributed by atoms with Crippen LogP contribution >= 0.6 is 11.6 Å². The Morgan fingerprint density at radius 3 is 2.89 bits per heavy atom. The van der Waals surface area contributed by atoms with Gasteiger partial charge in [-0.15, -0.1) is 11.6 Å². The van der Waals surface area contributed by atoms with Crippen LogP contribution in [0.5, 0.6) is 0 Å². The van der Waals surface area contributed by atoms with Gasteiger partial charge in [0.05, 0.1) is 0 Å². The summed E-state index contributed by atoms with van der Waals surface area (Å²) >= 11 is 5.78. The molecule has 50 valence electrons. The monoisotopic (exact) mass is 144 g/mol. The van der Waals surface area contributed by atoms with Crippen LogP contribution < -0.4 is 0 Å². The van der Waals surface area contributed by atoms with Gasteiger partial charge in [0.1, 0.15) is 6.29 Å². The highest BCUT2D eigenvalue weighted by Gasteiger charge is 2.13. The number of carbonyl (C=O) groups is 1. The lowest BCUT2D eigenvalue weighted by atomic mass is 9.97. The molecule has 0 N–H and O–H groups in total. The lowest BCUT2D eigenvalue weighted by molar-refractivity contribution is -0.110. The number of alkyl halides is 1. The Hall–Kier alpha value is -0.300. The van der Waals surface area contributed by atoms with E-state index in [1.54, 1.807) is 0 Å². The van der Waals surface area contributed by atoms with Crippen molar-refractivity contribution in [2.24, 2.45) is 5.92 Å². The van der Waals surface area contributed by atoms with Crippen molar-refractivity contribution in [3.05, 3.63) is 12.2 Å². The Labute approximate surface area is 59.7 Å². The predicted octanol–water partition coefficient (Wildman–Crippen LogP) is 1.76. The van der Waals surface area contributed by atoms with Gasteiger partial charge in [-0.05, 0) is 12.8 Å². The molecule has 0 fully saturated rings. The molecule has 0 saturated carbocycles. The predicted molar refractivity (Wildman–Crippen MR) is 37.6 cm³/mol. The van der Waals surface area contributed by atoms with Crippen LogP contribution in [-0.4, -0.2) is 11.7 Å². The van der Waals surface area contributed by atoms with Crippen LogP contribution in [0.3, 0.4) is 0 Å². The highest BCUT2D eigenvalue weighted by molar-refractivity contribution is 6.20. The van der Waals surface area contributed by atoms with E-state index in [-0.39, 0.29) is 11.3 Å². The first-order chi connectivity index (χ1) is 4.33. The van der Waals surface area contributed by atoms with Crippen LogP contribution in [0.2, 0.25) is 0 Å². The van der Waals surface area contributed by atoms with E-state index in [1.807, 2.05) is 12.2 Å². The van der Waals surface area contributed by atoms with Gasteiger partial charge in [-0.1, -0.05) is 12.2 Å². The minimum atomic E-state index is 0.0706. The van der Waals surface area contributed by atoms with E-state index in [0.717, 1.165) is 19.1 Å². The average molecular weight is 145 g/mol. The topological polar surface area (TPSA) is 17.1 Å². The Morgan fingerprint density at radius 1 is 1.67 bits per heavy atom. The van der Waals surface area contributed by atoms with Crippen molar-refractivity contribution >= 4 is 17.9 Å². The van der Waals surface area contributed by atoms with Gasteiger partial charge in [-0.25, -0.2) is 0 Å². The maximum atomic E-state index is 10.2. The third-order valence-electron chi connectivity index (χ3n) is 1.48. The lowest BCUT2D eigenvalue weighted by Gasteiger charge is -2.14. The second-order valence-corrected chi connectivity index (χ2v) is 2.91. The number of allylic oxidation sites excluding steroid dienone is 2. The van der Waals surface area contributed by atoms with Crippen LogP contribution in [0, 0.1) is 5.92 Å². The van der Waals surface area contributed by atoms with E-state index < -0.39 is 0 Å². The number of rotatable bonds is 1. The van der Waals surface area contributed by atoms with Crippen LogP contribution in [-0.2, 0) is 4.79 Å². The minimum absolute atomic E-state index is 0.0706. The molecule has 0 aromatic rings. The smallest absolute Gasteiger partial charge is 0.126 e. The van der Waals surface area contributed by atoms with Crippen LogP contribution in [0.4, 0.5) is 0 Å². The summed E-state index contributed by atoms with van der Waals surface area (Å²) in [5.74, 6) is 0.0706. The molecule has 0 bridgehead atoms. The zero-order valence-electron chi connectivity index (χ0n) is 5.09. The molecule has 1 aliphatic carbocycles. The summed E-state index contributed by atoms with van der Waals surface area (Å²) in [5.41, 5.74) is 0. The standard InChI is InChI=1S/C7H9ClO/c8-7-3-1-2-6(4-7)5-9/h1-2,5-7H,3-4H2. The van der Waals surface area contributed by atoms with Crippen molar-refractivity contribution in [3.8, 4) is 0 Å². The molecule has 0 aromatic carbocycles. The van der Waals surface area contributed by atoms with E-state index in [0.29, 0.717) is 0 Å². The molecule has 0 aromatic heterocycles. The third-order valence-corrected chi connectivity index (χ3v) is 1.83. The number of carbonyl (C=O) groups excluding carboxylic acids is 1. The van der Waals surface area contributed by atoms with Gasteiger partial charge in [-0.2, -0.15) is 0 Å². The normalized spacial score (nSPS) is 34.3. The molecule has 2 heteroatoms. The number of aldehydes is 1. The van der Waals surface area contributed by atoms with Gasteiger partial charge < -0.3 is 4.79 Å². The van der Waals surface area contributed by atoms with Crippen molar-refractivity contribution < 1.29 is 4.79 Å². The molecule has 2 unspecified atom stereocenters. The van der Waals surface area contributed by atoms with E-state index in [1.165, 1.54) is 0 Å². The molecule has 0 aliphatic heterocycles. The summed E-state index contributed by atoms with van der Waals surface area (Å²) in [6.45, 7) is 0. The molecule has 2 atom stereocenters. The van der Waals surface area contributed by atoms with Gasteiger partial charge in [0.25, 0.3) is 0 Å². The van der Waals surface area contributed by atoms with Crippen molar-refractivity contribution in [2.45, 2.75) is 18.2 Å². The van der Waals surface area contributed by atoms with Crippen LogP contribution in [0.15, 0.2) is 12.2 Å². The molecule has 1 nitrogen and oxygen atoms in total. The minimum Gasteiger partial charge on any atom is -0.303 e. The van der Waals surface area contributed by atoms with Crippen molar-refractivity contribution in [2.75, 3.05) is 0 Å². The summed E-state index contributed by atoms with van der Waals surface area (Å²) in [7, 11) is 0. The number of hydrogen-bond acceptors (Lipinski definition) is 1. The Kier molecular flexibility index (Phi) is 2.29. The molecule has 0 heterocycles. The molecule has 1 rings (SSSR count). The highest BCUT2D eigenvalue weighted by Crippen LogP contribution is 2.20. The van der Waals surface area contributed by atoms with Crippen LogP contribution in [0.1, 0.15) is 12.8 Å². The van der Waals surface area contributed by atoms with E-state index in [9.17, 15) is 4.79 Å². The second-order valence-electron chi connectivity index (χ2n) is 2.30. The fraction of sp³-hybridized carbons (Fsp3) is 0.571. The van der Waals surface area contributed by atoms with Gasteiger partial charge in [0.15, 0.2) is 0 Å². The first-order valence-corrected chi connectivity index (χ1v) is 3.52. The quantitative estimate of drug-likeness (QED) is 0.311. The Morgan fingerprint density at radius 2 is 2.44 bits per heavy atom. The summed E-state index contributed by atoms with van der Waals surface area (Å²) in [5, 5.41) is 0.171. The molecule has 0 spiro atoms. The summed E-state index contributed by atoms with van der Waals surface area (Å²) in [6, 6.07) is 0. The largest absolute Gasteiger partial charge is 0.303 e. The Bertz CT molecular complexity index is 131. The maximum Gasteiger partial charge on any atom is 0.126 e. The van der Waals surface area contributed by atoms with Gasteiger partial charge in [-0.3, -0.25) is 0 Å². The molecule has 9 heavy (non-hydrogen) atoms. The third kappa shape index (κ3) is 1.83. The van der Waals surface area contributed by atoms with Crippen molar-refractivity contribution in [3.63, 3.8) is 0 Å². The fourth-order valence-electron chi connectivity index (χ4n) is 0.972. The van der Waals surface area contributed by atoms with Crippen molar-refractivity contribution in [1.82, 2.24) is 0 Å². The van der Waals surface area contributed by atoms with Gasteiger partial charge in [0, 0.05) is 11.3 Å². The highest BCUT2D eigenvalue weighted by atomic mass is 35.5. The summed E-state index contributed by atoms with van der Waals surface area (Å²) in [6.07, 6.45) is 6.56. The Balaban J connectivity index is 2.48.